The largest absolute Gasteiger partial charge is 0.317 e. The highest BCUT2D eigenvalue weighted by Crippen LogP contribution is 2.22. The Morgan fingerprint density at radius 2 is 2.06 bits per heavy atom. The van der Waals surface area contributed by atoms with E-state index < -0.39 is 0 Å². The van der Waals surface area contributed by atoms with Crippen LogP contribution in [0, 0.1) is 5.82 Å². The molecule has 3 heteroatoms. The maximum absolute atomic E-state index is 13.3. The van der Waals surface area contributed by atoms with E-state index in [0.717, 1.165) is 18.4 Å². The minimum atomic E-state index is -0.324. The molecule has 0 aliphatic heterocycles. The van der Waals surface area contributed by atoms with Crippen molar-refractivity contribution in [3.8, 4) is 0 Å². The summed E-state index contributed by atoms with van der Waals surface area (Å²) in [5.41, 5.74) is 0.895. The summed E-state index contributed by atoms with van der Waals surface area (Å²) in [6, 6.07) is 5.41. The Labute approximate surface area is 115 Å². The van der Waals surface area contributed by atoms with Crippen LogP contribution in [0.25, 0.3) is 0 Å². The second-order valence-electron chi connectivity index (χ2n) is 4.75. The molecule has 0 amide bonds. The van der Waals surface area contributed by atoms with Crippen molar-refractivity contribution in [3.05, 3.63) is 34.6 Å². The minimum Gasteiger partial charge on any atom is -0.317 e. The first-order chi connectivity index (χ1) is 8.69. The number of hydrogen-bond acceptors (Lipinski definition) is 1. The molecule has 18 heavy (non-hydrogen) atoms. The first-order valence-electron chi connectivity index (χ1n) is 6.79. The predicted molar refractivity (Wildman–Crippen MR) is 76.7 cm³/mol. The maximum Gasteiger partial charge on any atom is 0.142 e. The van der Waals surface area contributed by atoms with Gasteiger partial charge in [-0.25, -0.2) is 4.39 Å². The highest BCUT2D eigenvalue weighted by molar-refractivity contribution is 6.31. The number of nitrogens with one attached hydrogen (secondary N) is 1. The Balaban J connectivity index is 2.49. The van der Waals surface area contributed by atoms with Gasteiger partial charge in [0.25, 0.3) is 0 Å². The zero-order valence-electron chi connectivity index (χ0n) is 11.3. The molecule has 1 nitrogen and oxygen atoms in total. The van der Waals surface area contributed by atoms with Crippen molar-refractivity contribution in [2.45, 2.75) is 51.5 Å². The summed E-state index contributed by atoms with van der Waals surface area (Å²) in [7, 11) is 1.96. The van der Waals surface area contributed by atoms with E-state index in [-0.39, 0.29) is 10.8 Å². The molecule has 0 spiro atoms. The molecule has 1 N–H and O–H groups in total. The van der Waals surface area contributed by atoms with Crippen LogP contribution in [0.2, 0.25) is 5.02 Å². The second kappa shape index (κ2) is 8.49. The monoisotopic (exact) mass is 271 g/mol. The molecule has 1 rings (SSSR count). The van der Waals surface area contributed by atoms with Crippen molar-refractivity contribution in [3.63, 3.8) is 0 Å². The lowest BCUT2D eigenvalue weighted by Crippen LogP contribution is -2.27. The van der Waals surface area contributed by atoms with Crippen molar-refractivity contribution in [2.75, 3.05) is 7.05 Å². The van der Waals surface area contributed by atoms with Gasteiger partial charge in [0.15, 0.2) is 0 Å². The lowest BCUT2D eigenvalue weighted by Gasteiger charge is -2.17. The molecule has 1 aromatic carbocycles. The van der Waals surface area contributed by atoms with Gasteiger partial charge in [0.2, 0.25) is 0 Å². The van der Waals surface area contributed by atoms with Crippen LogP contribution in [-0.2, 0) is 6.42 Å². The topological polar surface area (TPSA) is 12.0 Å². The fourth-order valence-corrected chi connectivity index (χ4v) is 2.34. The lowest BCUT2D eigenvalue weighted by molar-refractivity contribution is 0.484. The van der Waals surface area contributed by atoms with Gasteiger partial charge in [0, 0.05) is 6.04 Å². The summed E-state index contributed by atoms with van der Waals surface area (Å²) < 4.78 is 13.3. The zero-order chi connectivity index (χ0) is 13.4. The first kappa shape index (κ1) is 15.5. The molecular weight excluding hydrogens is 249 g/mol. The Morgan fingerprint density at radius 3 is 2.72 bits per heavy atom. The first-order valence-corrected chi connectivity index (χ1v) is 7.17. The molecule has 0 saturated heterocycles. The van der Waals surface area contributed by atoms with Crippen LogP contribution in [0.1, 0.15) is 44.6 Å². The van der Waals surface area contributed by atoms with E-state index in [9.17, 15) is 4.39 Å². The number of halogens is 2. The maximum atomic E-state index is 13.3. The predicted octanol–water partition coefficient (Wildman–Crippen LogP) is 4.58. The van der Waals surface area contributed by atoms with E-state index in [4.69, 9.17) is 11.6 Å². The van der Waals surface area contributed by atoms with Gasteiger partial charge in [0.05, 0.1) is 5.02 Å². The fraction of sp³-hybridized carbons (Fsp3) is 0.600. The quantitative estimate of drug-likeness (QED) is 0.683. The molecule has 102 valence electrons. The third kappa shape index (κ3) is 4.95. The van der Waals surface area contributed by atoms with Crippen LogP contribution in [0.3, 0.4) is 0 Å². The number of likely N-dealkylation sites (N-methyl/N-ethyl adjacent to an activating group) is 1. The highest BCUT2D eigenvalue weighted by atomic mass is 35.5. The van der Waals surface area contributed by atoms with E-state index in [1.165, 1.54) is 31.7 Å². The van der Waals surface area contributed by atoms with Crippen molar-refractivity contribution >= 4 is 11.6 Å². The SMILES string of the molecule is CCCCCCC(Cc1cccc(F)c1Cl)NC. The third-order valence-electron chi connectivity index (χ3n) is 3.31. The highest BCUT2D eigenvalue weighted by Gasteiger charge is 2.11. The molecule has 0 fully saturated rings. The Morgan fingerprint density at radius 1 is 1.28 bits per heavy atom. The van der Waals surface area contributed by atoms with Gasteiger partial charge >= 0.3 is 0 Å². The van der Waals surface area contributed by atoms with Crippen molar-refractivity contribution in [1.82, 2.24) is 5.32 Å². The number of benzene rings is 1. The van der Waals surface area contributed by atoms with Gasteiger partial charge in [-0.05, 0) is 31.5 Å². The Kier molecular flexibility index (Phi) is 7.29. The van der Waals surface area contributed by atoms with Gasteiger partial charge < -0.3 is 5.32 Å². The Hall–Kier alpha value is -0.600. The molecular formula is C15H23ClFN. The summed E-state index contributed by atoms with van der Waals surface area (Å²) in [4.78, 5) is 0. The van der Waals surface area contributed by atoms with Gasteiger partial charge in [-0.2, -0.15) is 0 Å². The summed E-state index contributed by atoms with van der Waals surface area (Å²) in [6.07, 6.45) is 6.93. The summed E-state index contributed by atoms with van der Waals surface area (Å²) in [5, 5.41) is 3.56. The Bertz CT molecular complexity index is 354. The third-order valence-corrected chi connectivity index (χ3v) is 3.74. The van der Waals surface area contributed by atoms with Crippen molar-refractivity contribution in [1.29, 1.82) is 0 Å². The smallest absolute Gasteiger partial charge is 0.142 e. The average molecular weight is 272 g/mol. The zero-order valence-corrected chi connectivity index (χ0v) is 12.1. The van der Waals surface area contributed by atoms with E-state index in [2.05, 4.69) is 12.2 Å². The minimum absolute atomic E-state index is 0.270. The van der Waals surface area contributed by atoms with Crippen molar-refractivity contribution < 1.29 is 4.39 Å². The molecule has 1 unspecified atom stereocenters. The summed E-state index contributed by atoms with van der Waals surface area (Å²) in [6.45, 7) is 2.21. The van der Waals surface area contributed by atoms with Gasteiger partial charge in [0.1, 0.15) is 5.82 Å². The van der Waals surface area contributed by atoms with Crippen LogP contribution in [0.15, 0.2) is 18.2 Å². The van der Waals surface area contributed by atoms with Crippen LogP contribution in [0.4, 0.5) is 4.39 Å². The summed E-state index contributed by atoms with van der Waals surface area (Å²) in [5.74, 6) is -0.324. The molecule has 1 aromatic rings. The van der Waals surface area contributed by atoms with Gasteiger partial charge in [-0.3, -0.25) is 0 Å². The molecule has 0 aliphatic rings. The van der Waals surface area contributed by atoms with E-state index in [1.54, 1.807) is 6.07 Å². The van der Waals surface area contributed by atoms with Crippen LogP contribution in [0.5, 0.6) is 0 Å². The number of hydrogen-bond donors (Lipinski definition) is 1. The van der Waals surface area contributed by atoms with E-state index in [1.807, 2.05) is 13.1 Å². The van der Waals surface area contributed by atoms with Crippen LogP contribution < -0.4 is 5.32 Å². The molecule has 1 atom stereocenters. The normalized spacial score (nSPS) is 12.7. The molecule has 0 bridgehead atoms. The fourth-order valence-electron chi connectivity index (χ4n) is 2.14. The molecule has 0 radical (unpaired) electrons. The number of unbranched alkanes of at least 4 members (excludes halogenated alkanes) is 3. The van der Waals surface area contributed by atoms with Crippen molar-refractivity contribution in [2.24, 2.45) is 0 Å². The van der Waals surface area contributed by atoms with Gasteiger partial charge in [-0.1, -0.05) is 56.3 Å². The van der Waals surface area contributed by atoms with Gasteiger partial charge in [-0.15, -0.1) is 0 Å². The average Bonchev–Trinajstić information content (AvgIpc) is 2.38. The lowest BCUT2D eigenvalue weighted by atomic mass is 10.00. The second-order valence-corrected chi connectivity index (χ2v) is 5.13. The van der Waals surface area contributed by atoms with E-state index >= 15 is 0 Å². The molecule has 0 aliphatic carbocycles. The molecule has 0 aromatic heterocycles. The molecule has 0 saturated carbocycles. The van der Waals surface area contributed by atoms with Crippen LogP contribution >= 0.6 is 11.6 Å². The standard InChI is InChI=1S/C15H23ClFN/c1-3-4-5-6-9-13(18-2)11-12-8-7-10-14(17)15(12)16/h7-8,10,13,18H,3-6,9,11H2,1-2H3. The number of rotatable bonds is 8. The molecule has 0 heterocycles. The van der Waals surface area contributed by atoms with Crippen LogP contribution in [-0.4, -0.2) is 13.1 Å². The van der Waals surface area contributed by atoms with E-state index in [0.29, 0.717) is 6.04 Å². The summed E-state index contributed by atoms with van der Waals surface area (Å²) >= 11 is 5.98.